The Bertz CT molecular complexity index is 741. The van der Waals surface area contributed by atoms with E-state index in [9.17, 15) is 0 Å². The molecule has 0 fully saturated rings. The second kappa shape index (κ2) is 12.1. The number of hydrogen-bond donors (Lipinski definition) is 1. The van der Waals surface area contributed by atoms with Gasteiger partial charge >= 0.3 is 0 Å². The molecular weight excluding hydrogens is 350 g/mol. The van der Waals surface area contributed by atoms with Gasteiger partial charge in [-0.2, -0.15) is 0 Å². The lowest BCUT2D eigenvalue weighted by Gasteiger charge is -2.09. The van der Waals surface area contributed by atoms with Gasteiger partial charge in [-0.25, -0.2) is 0 Å². The molecule has 27 heavy (non-hydrogen) atoms. The molecule has 0 aliphatic carbocycles. The Morgan fingerprint density at radius 3 is 1.74 bits per heavy atom. The molecule has 0 amide bonds. The maximum atomic E-state index is 3.56. The van der Waals surface area contributed by atoms with Crippen molar-refractivity contribution in [2.24, 2.45) is 0 Å². The maximum Gasteiger partial charge on any atom is -0.000835 e. The van der Waals surface area contributed by atoms with Crippen LogP contribution in [-0.2, 0) is 6.42 Å². The minimum Gasteiger partial charge on any atom is -0.316 e. The molecule has 0 unspecified atom stereocenters. The van der Waals surface area contributed by atoms with Crippen molar-refractivity contribution in [2.45, 2.75) is 19.3 Å². The number of hydrogen-bond acceptors (Lipinski definition) is 1. The standard InChI is InChI=1S/C25H27N.ClH/c1-4-12-22(13-5-1)19-21-26-20-11-10-18-25(23-14-6-2-7-15-23)24-16-8-3-9-17-24;/h1-9,12-18,26H,10-11,19-21H2;1H. The fourth-order valence-electron chi connectivity index (χ4n) is 3.11. The summed E-state index contributed by atoms with van der Waals surface area (Å²) in [6.45, 7) is 2.10. The van der Waals surface area contributed by atoms with Crippen LogP contribution in [0.25, 0.3) is 5.57 Å². The van der Waals surface area contributed by atoms with Crippen molar-refractivity contribution in [1.82, 2.24) is 5.32 Å². The van der Waals surface area contributed by atoms with E-state index in [-0.39, 0.29) is 12.4 Å². The van der Waals surface area contributed by atoms with Gasteiger partial charge in [0.25, 0.3) is 0 Å². The summed E-state index contributed by atoms with van der Waals surface area (Å²) >= 11 is 0. The third kappa shape index (κ3) is 7.05. The molecule has 3 rings (SSSR count). The van der Waals surface area contributed by atoms with Crippen molar-refractivity contribution in [3.8, 4) is 0 Å². The summed E-state index contributed by atoms with van der Waals surface area (Å²) in [5, 5.41) is 3.56. The number of allylic oxidation sites excluding steroid dienone is 1. The Morgan fingerprint density at radius 2 is 1.19 bits per heavy atom. The van der Waals surface area contributed by atoms with Crippen LogP contribution in [-0.4, -0.2) is 13.1 Å². The smallest absolute Gasteiger partial charge is 0.000835 e. The number of rotatable bonds is 9. The first kappa shape index (κ1) is 21.0. The van der Waals surface area contributed by atoms with Crippen LogP contribution in [0.4, 0.5) is 0 Å². The van der Waals surface area contributed by atoms with Gasteiger partial charge in [0.15, 0.2) is 0 Å². The molecule has 0 saturated carbocycles. The van der Waals surface area contributed by atoms with Gasteiger partial charge in [-0.1, -0.05) is 97.1 Å². The second-order valence-corrected chi connectivity index (χ2v) is 6.48. The van der Waals surface area contributed by atoms with Crippen LogP contribution in [0.3, 0.4) is 0 Å². The van der Waals surface area contributed by atoms with Crippen molar-refractivity contribution in [3.63, 3.8) is 0 Å². The molecule has 1 N–H and O–H groups in total. The topological polar surface area (TPSA) is 12.0 Å². The van der Waals surface area contributed by atoms with Crippen LogP contribution < -0.4 is 5.32 Å². The average molecular weight is 378 g/mol. The third-order valence-electron chi connectivity index (χ3n) is 4.51. The van der Waals surface area contributed by atoms with Gasteiger partial charge in [0.1, 0.15) is 0 Å². The van der Waals surface area contributed by atoms with Crippen LogP contribution >= 0.6 is 12.4 Å². The van der Waals surface area contributed by atoms with Crippen LogP contribution in [0.2, 0.25) is 0 Å². The van der Waals surface area contributed by atoms with Gasteiger partial charge in [0.2, 0.25) is 0 Å². The lowest BCUT2D eigenvalue weighted by Crippen LogP contribution is -2.18. The van der Waals surface area contributed by atoms with Crippen molar-refractivity contribution in [1.29, 1.82) is 0 Å². The molecule has 0 saturated heterocycles. The first-order chi connectivity index (χ1) is 12.9. The number of unbranched alkanes of at least 4 members (excludes halogenated alkanes) is 1. The first-order valence-corrected chi connectivity index (χ1v) is 9.49. The largest absolute Gasteiger partial charge is 0.316 e. The van der Waals surface area contributed by atoms with Gasteiger partial charge in [-0.3, -0.25) is 0 Å². The first-order valence-electron chi connectivity index (χ1n) is 9.49. The zero-order valence-corrected chi connectivity index (χ0v) is 16.5. The van der Waals surface area contributed by atoms with Crippen molar-refractivity contribution < 1.29 is 0 Å². The third-order valence-corrected chi connectivity index (χ3v) is 4.51. The monoisotopic (exact) mass is 377 g/mol. The van der Waals surface area contributed by atoms with Crippen molar-refractivity contribution in [2.75, 3.05) is 13.1 Å². The summed E-state index contributed by atoms with van der Waals surface area (Å²) in [5.74, 6) is 0. The number of halogens is 1. The second-order valence-electron chi connectivity index (χ2n) is 6.48. The number of benzene rings is 3. The molecule has 0 atom stereocenters. The van der Waals surface area contributed by atoms with E-state index in [2.05, 4.69) is 102 Å². The van der Waals surface area contributed by atoms with E-state index in [1.54, 1.807) is 0 Å². The fourth-order valence-corrected chi connectivity index (χ4v) is 3.11. The molecule has 0 aromatic heterocycles. The van der Waals surface area contributed by atoms with Crippen molar-refractivity contribution >= 4 is 18.0 Å². The highest BCUT2D eigenvalue weighted by atomic mass is 35.5. The van der Waals surface area contributed by atoms with E-state index in [0.717, 1.165) is 32.4 Å². The molecule has 2 heteroatoms. The lowest BCUT2D eigenvalue weighted by molar-refractivity contribution is 0.653. The van der Waals surface area contributed by atoms with Crippen LogP contribution in [0.15, 0.2) is 97.1 Å². The Kier molecular flexibility index (Phi) is 9.40. The quantitative estimate of drug-likeness (QED) is 0.441. The van der Waals surface area contributed by atoms with E-state index in [0.29, 0.717) is 0 Å². The predicted molar refractivity (Wildman–Crippen MR) is 119 cm³/mol. The molecule has 140 valence electrons. The predicted octanol–water partition coefficient (Wildman–Crippen LogP) is 6.15. The molecule has 3 aromatic rings. The molecule has 0 heterocycles. The molecule has 0 radical (unpaired) electrons. The minimum absolute atomic E-state index is 0. The molecule has 0 aliphatic rings. The maximum absolute atomic E-state index is 3.56. The van der Waals surface area contributed by atoms with Gasteiger partial charge < -0.3 is 5.32 Å². The van der Waals surface area contributed by atoms with Gasteiger partial charge in [-0.15, -0.1) is 12.4 Å². The highest BCUT2D eigenvalue weighted by Gasteiger charge is 2.03. The highest BCUT2D eigenvalue weighted by Crippen LogP contribution is 2.23. The molecule has 1 nitrogen and oxygen atoms in total. The van der Waals surface area contributed by atoms with Crippen LogP contribution in [0, 0.1) is 0 Å². The molecule has 3 aromatic carbocycles. The minimum atomic E-state index is 0. The summed E-state index contributed by atoms with van der Waals surface area (Å²) in [5.41, 5.74) is 5.30. The van der Waals surface area contributed by atoms with Crippen LogP contribution in [0.1, 0.15) is 29.5 Å². The molecule has 0 spiro atoms. The Labute approximate surface area is 169 Å². The zero-order valence-electron chi connectivity index (χ0n) is 15.7. The highest BCUT2D eigenvalue weighted by molar-refractivity contribution is 5.85. The SMILES string of the molecule is C(CCCNCCc1ccccc1)=C(c1ccccc1)c1ccccc1.Cl. The van der Waals surface area contributed by atoms with E-state index < -0.39 is 0 Å². The Hall–Kier alpha value is -2.35. The Morgan fingerprint density at radius 1 is 0.667 bits per heavy atom. The van der Waals surface area contributed by atoms with E-state index in [4.69, 9.17) is 0 Å². The van der Waals surface area contributed by atoms with E-state index in [1.165, 1.54) is 22.3 Å². The van der Waals surface area contributed by atoms with Crippen LogP contribution in [0.5, 0.6) is 0 Å². The Balaban J connectivity index is 0.00000261. The summed E-state index contributed by atoms with van der Waals surface area (Å²) in [6.07, 6.45) is 5.70. The normalized spacial score (nSPS) is 10.1. The summed E-state index contributed by atoms with van der Waals surface area (Å²) in [6, 6.07) is 32.0. The van der Waals surface area contributed by atoms with E-state index >= 15 is 0 Å². The van der Waals surface area contributed by atoms with Gasteiger partial charge in [0, 0.05) is 0 Å². The summed E-state index contributed by atoms with van der Waals surface area (Å²) in [7, 11) is 0. The average Bonchev–Trinajstić information content (AvgIpc) is 2.72. The summed E-state index contributed by atoms with van der Waals surface area (Å²) < 4.78 is 0. The van der Waals surface area contributed by atoms with Gasteiger partial charge in [0.05, 0.1) is 0 Å². The molecular formula is C25H28ClN. The molecule has 0 aliphatic heterocycles. The fraction of sp³-hybridized carbons (Fsp3) is 0.200. The zero-order chi connectivity index (χ0) is 17.9. The van der Waals surface area contributed by atoms with Gasteiger partial charge in [-0.05, 0) is 54.6 Å². The number of nitrogens with one attached hydrogen (secondary N) is 1. The van der Waals surface area contributed by atoms with E-state index in [1.807, 2.05) is 0 Å². The summed E-state index contributed by atoms with van der Waals surface area (Å²) in [4.78, 5) is 0. The lowest BCUT2D eigenvalue weighted by atomic mass is 9.96. The van der Waals surface area contributed by atoms with Crippen molar-refractivity contribution in [3.05, 3.63) is 114 Å². The molecule has 0 bridgehead atoms.